The Labute approximate surface area is 160 Å². The second kappa shape index (κ2) is 8.21. The Balaban J connectivity index is 1.32. The van der Waals surface area contributed by atoms with Crippen molar-refractivity contribution in [3.8, 4) is 0 Å². The highest BCUT2D eigenvalue weighted by atomic mass is 16.2. The number of carbonyl (C=O) groups is 1. The molecule has 2 aliphatic heterocycles. The highest BCUT2D eigenvalue weighted by molar-refractivity contribution is 5.78. The van der Waals surface area contributed by atoms with Crippen LogP contribution in [0.2, 0.25) is 0 Å². The van der Waals surface area contributed by atoms with Crippen LogP contribution in [0.3, 0.4) is 0 Å². The third-order valence-electron chi connectivity index (χ3n) is 5.85. The number of likely N-dealkylation sites (tertiary alicyclic amines) is 2. The van der Waals surface area contributed by atoms with E-state index in [1.807, 2.05) is 21.8 Å². The van der Waals surface area contributed by atoms with E-state index >= 15 is 0 Å². The lowest BCUT2D eigenvalue weighted by atomic mass is 9.96. The molecule has 2 aromatic rings. The molecule has 0 unspecified atom stereocenters. The van der Waals surface area contributed by atoms with Crippen LogP contribution < -0.4 is 0 Å². The largest absolute Gasteiger partial charge is 0.341 e. The first-order valence-electron chi connectivity index (χ1n) is 10.1. The Morgan fingerprint density at radius 3 is 2.67 bits per heavy atom. The van der Waals surface area contributed by atoms with Crippen LogP contribution in [-0.4, -0.2) is 73.0 Å². The molecule has 2 aromatic heterocycles. The molecular formula is C19H29N7O. The van der Waals surface area contributed by atoms with E-state index in [1.54, 1.807) is 6.20 Å². The Morgan fingerprint density at radius 2 is 2.00 bits per heavy atom. The minimum atomic E-state index is 0.325. The molecule has 0 spiro atoms. The highest BCUT2D eigenvalue weighted by Crippen LogP contribution is 2.27. The maximum absolute atomic E-state index is 11.8. The van der Waals surface area contributed by atoms with Crippen LogP contribution in [0.15, 0.2) is 18.5 Å². The summed E-state index contributed by atoms with van der Waals surface area (Å²) < 4.78 is 4.15. The number of nitrogens with zero attached hydrogens (tertiary/aromatic N) is 7. The number of amides is 1. The van der Waals surface area contributed by atoms with Crippen LogP contribution >= 0.6 is 0 Å². The molecule has 1 amide bonds. The third-order valence-corrected chi connectivity index (χ3v) is 5.85. The summed E-state index contributed by atoms with van der Waals surface area (Å²) in [4.78, 5) is 16.3. The number of carbonyl (C=O) groups excluding carboxylic acids is 1. The topological polar surface area (TPSA) is 72.1 Å². The first kappa shape index (κ1) is 18.2. The summed E-state index contributed by atoms with van der Waals surface area (Å²) in [5, 5.41) is 13.3. The van der Waals surface area contributed by atoms with Gasteiger partial charge in [-0.2, -0.15) is 5.10 Å². The number of hydrogen-bond acceptors (Lipinski definition) is 5. The summed E-state index contributed by atoms with van der Waals surface area (Å²) in [6, 6.07) is 1.93. The van der Waals surface area contributed by atoms with Crippen molar-refractivity contribution in [3.63, 3.8) is 0 Å². The van der Waals surface area contributed by atoms with Crippen molar-refractivity contribution in [2.75, 3.05) is 32.7 Å². The summed E-state index contributed by atoms with van der Waals surface area (Å²) in [5.74, 6) is 2.89. The van der Waals surface area contributed by atoms with Crippen LogP contribution in [0.4, 0.5) is 0 Å². The van der Waals surface area contributed by atoms with E-state index in [0.29, 0.717) is 18.4 Å². The van der Waals surface area contributed by atoms with Gasteiger partial charge in [0.05, 0.1) is 0 Å². The minimum absolute atomic E-state index is 0.325. The van der Waals surface area contributed by atoms with Gasteiger partial charge in [-0.15, -0.1) is 10.2 Å². The lowest BCUT2D eigenvalue weighted by Crippen LogP contribution is -2.40. The lowest BCUT2D eigenvalue weighted by Gasteiger charge is -2.32. The van der Waals surface area contributed by atoms with E-state index in [2.05, 4.69) is 31.7 Å². The second-order valence-electron chi connectivity index (χ2n) is 7.52. The molecule has 0 N–H and O–H groups in total. The van der Waals surface area contributed by atoms with Crippen molar-refractivity contribution >= 4 is 5.91 Å². The molecule has 0 aliphatic carbocycles. The molecule has 8 heteroatoms. The fourth-order valence-electron chi connectivity index (χ4n) is 4.27. The second-order valence-corrected chi connectivity index (χ2v) is 7.52. The average Bonchev–Trinajstić information content (AvgIpc) is 3.43. The van der Waals surface area contributed by atoms with Crippen molar-refractivity contribution < 1.29 is 4.79 Å². The summed E-state index contributed by atoms with van der Waals surface area (Å²) in [5.41, 5.74) is 0. The zero-order valence-corrected chi connectivity index (χ0v) is 16.1. The predicted octanol–water partition coefficient (Wildman–Crippen LogP) is 1.34. The van der Waals surface area contributed by atoms with Gasteiger partial charge in [-0.1, -0.05) is 0 Å². The van der Waals surface area contributed by atoms with Gasteiger partial charge in [0.1, 0.15) is 12.4 Å². The molecule has 4 heterocycles. The molecule has 2 saturated heterocycles. The zero-order chi connectivity index (χ0) is 18.6. The molecule has 0 saturated carbocycles. The monoisotopic (exact) mass is 371 g/mol. The quantitative estimate of drug-likeness (QED) is 0.735. The number of rotatable bonds is 7. The molecule has 2 aliphatic rings. The molecule has 0 bridgehead atoms. The van der Waals surface area contributed by atoms with Gasteiger partial charge in [0.25, 0.3) is 0 Å². The Kier molecular flexibility index (Phi) is 5.52. The van der Waals surface area contributed by atoms with E-state index in [4.69, 9.17) is 0 Å². The van der Waals surface area contributed by atoms with Crippen molar-refractivity contribution in [3.05, 3.63) is 30.1 Å². The normalized spacial score (nSPS) is 19.3. The SMILES string of the molecule is CCn1c(Cn2cccn2)nnc1C1CCN(CCN2CCCC2=O)CC1. The van der Waals surface area contributed by atoms with Crippen LogP contribution in [0, 0.1) is 0 Å². The van der Waals surface area contributed by atoms with Crippen molar-refractivity contribution in [2.45, 2.75) is 51.6 Å². The molecule has 8 nitrogen and oxygen atoms in total. The van der Waals surface area contributed by atoms with E-state index in [9.17, 15) is 4.79 Å². The Bertz CT molecular complexity index is 746. The first-order chi connectivity index (χ1) is 13.2. The minimum Gasteiger partial charge on any atom is -0.341 e. The Morgan fingerprint density at radius 1 is 1.15 bits per heavy atom. The predicted molar refractivity (Wildman–Crippen MR) is 101 cm³/mol. The fraction of sp³-hybridized carbons (Fsp3) is 0.684. The van der Waals surface area contributed by atoms with Crippen LogP contribution in [0.1, 0.15) is 50.2 Å². The smallest absolute Gasteiger partial charge is 0.222 e. The first-order valence-corrected chi connectivity index (χ1v) is 10.1. The van der Waals surface area contributed by atoms with Crippen LogP contribution in [0.25, 0.3) is 0 Å². The fourth-order valence-corrected chi connectivity index (χ4v) is 4.27. The maximum atomic E-state index is 11.8. The van der Waals surface area contributed by atoms with Gasteiger partial charge in [-0.25, -0.2) is 0 Å². The molecule has 2 fully saturated rings. The molecule has 4 rings (SSSR count). The van der Waals surface area contributed by atoms with Gasteiger partial charge in [-0.05, 0) is 45.3 Å². The average molecular weight is 371 g/mol. The molecule has 27 heavy (non-hydrogen) atoms. The van der Waals surface area contributed by atoms with E-state index in [1.165, 1.54) is 0 Å². The summed E-state index contributed by atoms with van der Waals surface area (Å²) in [6.07, 6.45) is 7.71. The molecule has 0 aromatic carbocycles. The summed E-state index contributed by atoms with van der Waals surface area (Å²) in [7, 11) is 0. The number of aromatic nitrogens is 5. The summed E-state index contributed by atoms with van der Waals surface area (Å²) in [6.45, 7) is 8.64. The maximum Gasteiger partial charge on any atom is 0.222 e. The van der Waals surface area contributed by atoms with E-state index < -0.39 is 0 Å². The van der Waals surface area contributed by atoms with E-state index in [-0.39, 0.29) is 0 Å². The van der Waals surface area contributed by atoms with Crippen LogP contribution in [-0.2, 0) is 17.9 Å². The van der Waals surface area contributed by atoms with Gasteiger partial charge in [0.15, 0.2) is 5.82 Å². The van der Waals surface area contributed by atoms with Gasteiger partial charge in [0, 0.05) is 50.9 Å². The molecule has 146 valence electrons. The van der Waals surface area contributed by atoms with Gasteiger partial charge >= 0.3 is 0 Å². The van der Waals surface area contributed by atoms with Gasteiger partial charge in [-0.3, -0.25) is 9.48 Å². The standard InChI is InChI=1S/C19H29N7O/c1-2-26-17(15-25-10-4-8-20-25)21-22-19(26)16-6-11-23(12-7-16)13-14-24-9-3-5-18(24)27/h4,8,10,16H,2-3,5-7,9,11-15H2,1H3. The molecule has 0 atom stereocenters. The Hall–Kier alpha value is -2.22. The van der Waals surface area contributed by atoms with Crippen molar-refractivity contribution in [1.82, 2.24) is 34.3 Å². The lowest BCUT2D eigenvalue weighted by molar-refractivity contribution is -0.127. The van der Waals surface area contributed by atoms with Crippen molar-refractivity contribution in [1.29, 1.82) is 0 Å². The summed E-state index contributed by atoms with van der Waals surface area (Å²) >= 11 is 0. The highest BCUT2D eigenvalue weighted by Gasteiger charge is 2.27. The van der Waals surface area contributed by atoms with Crippen molar-refractivity contribution in [2.24, 2.45) is 0 Å². The van der Waals surface area contributed by atoms with Gasteiger partial charge in [0.2, 0.25) is 5.91 Å². The van der Waals surface area contributed by atoms with Gasteiger partial charge < -0.3 is 14.4 Å². The molecular weight excluding hydrogens is 342 g/mol. The third kappa shape index (κ3) is 4.05. The van der Waals surface area contributed by atoms with E-state index in [0.717, 1.165) is 76.6 Å². The zero-order valence-electron chi connectivity index (χ0n) is 16.1. The number of hydrogen-bond donors (Lipinski definition) is 0. The molecule has 0 radical (unpaired) electrons. The number of piperidine rings is 1. The van der Waals surface area contributed by atoms with Crippen LogP contribution in [0.5, 0.6) is 0 Å².